The van der Waals surface area contributed by atoms with Gasteiger partial charge < -0.3 is 4.90 Å². The first-order valence-electron chi connectivity index (χ1n) is 6.75. The van der Waals surface area contributed by atoms with Crippen molar-refractivity contribution in [3.8, 4) is 0 Å². The second-order valence-corrected chi connectivity index (χ2v) is 6.49. The number of carbonyl (C=O) groups excluding carboxylic acids is 1. The van der Waals surface area contributed by atoms with Gasteiger partial charge in [-0.1, -0.05) is 12.1 Å². The number of hydrogen-bond donors (Lipinski definition) is 0. The van der Waals surface area contributed by atoms with Crippen LogP contribution in [-0.4, -0.2) is 16.8 Å². The molecule has 1 aromatic heterocycles. The van der Waals surface area contributed by atoms with E-state index in [0.717, 1.165) is 28.2 Å². The largest absolute Gasteiger partial charge is 0.331 e. The maximum absolute atomic E-state index is 12.9. The number of hydrogen-bond acceptors (Lipinski definition) is 2. The van der Waals surface area contributed by atoms with Crippen LogP contribution in [0.2, 0.25) is 0 Å². The second-order valence-electron chi connectivity index (χ2n) is 5.20. The molecule has 0 unspecified atom stereocenters. The first kappa shape index (κ1) is 13.3. The van der Waals surface area contributed by atoms with Crippen LogP contribution in [0.15, 0.2) is 36.4 Å². The van der Waals surface area contributed by atoms with Crippen molar-refractivity contribution in [3.63, 3.8) is 0 Å². The average molecular weight is 289 g/mol. The van der Waals surface area contributed by atoms with Crippen molar-refractivity contribution >= 4 is 17.2 Å². The van der Waals surface area contributed by atoms with Gasteiger partial charge in [-0.15, -0.1) is 11.3 Å². The van der Waals surface area contributed by atoms with Crippen LogP contribution in [0.4, 0.5) is 4.39 Å². The Morgan fingerprint density at radius 1 is 1.25 bits per heavy atom. The van der Waals surface area contributed by atoms with Crippen molar-refractivity contribution in [2.75, 3.05) is 0 Å². The van der Waals surface area contributed by atoms with Gasteiger partial charge in [0, 0.05) is 17.5 Å². The lowest BCUT2D eigenvalue weighted by Gasteiger charge is -2.22. The van der Waals surface area contributed by atoms with E-state index in [1.165, 1.54) is 23.5 Å². The van der Waals surface area contributed by atoms with Gasteiger partial charge in [-0.2, -0.15) is 0 Å². The van der Waals surface area contributed by atoms with Gasteiger partial charge >= 0.3 is 0 Å². The monoisotopic (exact) mass is 289 g/mol. The van der Waals surface area contributed by atoms with E-state index in [0.29, 0.717) is 12.6 Å². The van der Waals surface area contributed by atoms with Gasteiger partial charge in [0.25, 0.3) is 5.91 Å². The zero-order valence-electron chi connectivity index (χ0n) is 11.3. The highest BCUT2D eigenvalue weighted by atomic mass is 32.1. The Labute approximate surface area is 121 Å². The molecule has 20 heavy (non-hydrogen) atoms. The Bertz CT molecular complexity index is 616. The fraction of sp³-hybridized carbons (Fsp3) is 0.312. The van der Waals surface area contributed by atoms with Gasteiger partial charge in [-0.25, -0.2) is 4.39 Å². The van der Waals surface area contributed by atoms with Crippen LogP contribution in [0.1, 0.15) is 33.0 Å². The van der Waals surface area contributed by atoms with E-state index in [4.69, 9.17) is 0 Å². The maximum atomic E-state index is 12.9. The third-order valence-electron chi connectivity index (χ3n) is 3.47. The molecule has 1 aliphatic carbocycles. The summed E-state index contributed by atoms with van der Waals surface area (Å²) < 4.78 is 12.9. The summed E-state index contributed by atoms with van der Waals surface area (Å²) in [5.74, 6) is -0.151. The van der Waals surface area contributed by atoms with Crippen molar-refractivity contribution in [1.29, 1.82) is 0 Å². The molecule has 0 N–H and O–H groups in total. The predicted molar refractivity (Wildman–Crippen MR) is 78.4 cm³/mol. The normalized spacial score (nSPS) is 14.3. The molecule has 0 bridgehead atoms. The minimum absolute atomic E-state index is 0.0925. The molecule has 0 aliphatic heterocycles. The number of thiophene rings is 1. The number of aryl methyl sites for hydroxylation is 1. The van der Waals surface area contributed by atoms with Crippen LogP contribution < -0.4 is 0 Å². The molecule has 1 saturated carbocycles. The summed E-state index contributed by atoms with van der Waals surface area (Å²) in [4.78, 5) is 16.4. The molecule has 0 radical (unpaired) electrons. The number of rotatable bonds is 4. The Morgan fingerprint density at radius 2 is 1.95 bits per heavy atom. The van der Waals surface area contributed by atoms with Gasteiger partial charge in [0.2, 0.25) is 0 Å². The number of nitrogens with zero attached hydrogens (tertiary/aromatic N) is 1. The number of carbonyl (C=O) groups is 1. The Balaban J connectivity index is 1.79. The standard InChI is InChI=1S/C16H16FNOS/c1-11-2-9-15(20-11)16(19)18(14-7-8-14)10-12-3-5-13(17)6-4-12/h2-6,9,14H,7-8,10H2,1H3. The van der Waals surface area contributed by atoms with Gasteiger partial charge in [-0.05, 0) is 49.6 Å². The van der Waals surface area contributed by atoms with Crippen molar-refractivity contribution in [2.45, 2.75) is 32.4 Å². The summed E-state index contributed by atoms with van der Waals surface area (Å²) in [6.45, 7) is 2.56. The van der Waals surface area contributed by atoms with E-state index < -0.39 is 0 Å². The molecule has 0 atom stereocenters. The molecule has 3 rings (SSSR count). The molecule has 104 valence electrons. The Kier molecular flexibility index (Phi) is 3.57. The van der Waals surface area contributed by atoms with Crippen LogP contribution in [0, 0.1) is 12.7 Å². The topological polar surface area (TPSA) is 20.3 Å². The highest BCUT2D eigenvalue weighted by molar-refractivity contribution is 7.13. The predicted octanol–water partition coefficient (Wildman–Crippen LogP) is 4.00. The fourth-order valence-electron chi connectivity index (χ4n) is 2.23. The molecule has 1 fully saturated rings. The summed E-state index contributed by atoms with van der Waals surface area (Å²) in [6.07, 6.45) is 2.13. The van der Waals surface area contributed by atoms with E-state index in [9.17, 15) is 9.18 Å². The molecular formula is C16H16FNOS. The van der Waals surface area contributed by atoms with Crippen molar-refractivity contribution in [1.82, 2.24) is 4.90 Å². The van der Waals surface area contributed by atoms with Crippen LogP contribution in [-0.2, 0) is 6.54 Å². The average Bonchev–Trinajstić information content (AvgIpc) is 3.19. The van der Waals surface area contributed by atoms with Gasteiger partial charge in [0.1, 0.15) is 5.82 Å². The number of amides is 1. The summed E-state index contributed by atoms with van der Waals surface area (Å²) in [6, 6.07) is 10.6. The van der Waals surface area contributed by atoms with Gasteiger partial charge in [0.15, 0.2) is 0 Å². The summed E-state index contributed by atoms with van der Waals surface area (Å²) >= 11 is 1.53. The van der Waals surface area contributed by atoms with E-state index in [1.807, 2.05) is 24.0 Å². The van der Waals surface area contributed by atoms with Crippen molar-refractivity contribution in [3.05, 3.63) is 57.5 Å². The molecule has 0 saturated heterocycles. The van der Waals surface area contributed by atoms with E-state index >= 15 is 0 Å². The van der Waals surface area contributed by atoms with Crippen LogP contribution in [0.3, 0.4) is 0 Å². The lowest BCUT2D eigenvalue weighted by Crippen LogP contribution is -2.32. The molecule has 2 nitrogen and oxygen atoms in total. The highest BCUT2D eigenvalue weighted by Crippen LogP contribution is 2.31. The lowest BCUT2D eigenvalue weighted by atomic mass is 10.2. The second kappa shape index (κ2) is 5.37. The molecule has 1 heterocycles. The van der Waals surface area contributed by atoms with E-state index in [1.54, 1.807) is 12.1 Å². The van der Waals surface area contributed by atoms with Gasteiger partial charge in [0.05, 0.1) is 4.88 Å². The van der Waals surface area contributed by atoms with Gasteiger partial charge in [-0.3, -0.25) is 4.79 Å². The number of benzene rings is 1. The van der Waals surface area contributed by atoms with E-state index in [2.05, 4.69) is 0 Å². The molecule has 4 heteroatoms. The summed E-state index contributed by atoms with van der Waals surface area (Å²) in [5, 5.41) is 0. The Morgan fingerprint density at radius 3 is 2.50 bits per heavy atom. The Hall–Kier alpha value is -1.68. The van der Waals surface area contributed by atoms with Crippen molar-refractivity contribution < 1.29 is 9.18 Å². The van der Waals surface area contributed by atoms with Crippen LogP contribution >= 0.6 is 11.3 Å². The maximum Gasteiger partial charge on any atom is 0.264 e. The summed E-state index contributed by atoms with van der Waals surface area (Å²) in [5.41, 5.74) is 0.972. The minimum atomic E-state index is -0.244. The first-order chi connectivity index (χ1) is 9.63. The van der Waals surface area contributed by atoms with E-state index in [-0.39, 0.29) is 11.7 Å². The van der Waals surface area contributed by atoms with Crippen LogP contribution in [0.5, 0.6) is 0 Å². The lowest BCUT2D eigenvalue weighted by molar-refractivity contribution is 0.0735. The first-order valence-corrected chi connectivity index (χ1v) is 7.57. The molecule has 1 amide bonds. The molecule has 1 aliphatic rings. The number of halogens is 1. The van der Waals surface area contributed by atoms with Crippen molar-refractivity contribution in [2.24, 2.45) is 0 Å². The van der Waals surface area contributed by atoms with Crippen LogP contribution in [0.25, 0.3) is 0 Å². The zero-order chi connectivity index (χ0) is 14.1. The summed E-state index contributed by atoms with van der Waals surface area (Å²) in [7, 11) is 0. The minimum Gasteiger partial charge on any atom is -0.331 e. The molecule has 1 aromatic carbocycles. The molecule has 0 spiro atoms. The zero-order valence-corrected chi connectivity index (χ0v) is 12.1. The smallest absolute Gasteiger partial charge is 0.264 e. The third kappa shape index (κ3) is 2.90. The molecule has 2 aromatic rings. The third-order valence-corrected chi connectivity index (χ3v) is 4.45. The highest BCUT2D eigenvalue weighted by Gasteiger charge is 2.33. The SMILES string of the molecule is Cc1ccc(C(=O)N(Cc2ccc(F)cc2)C2CC2)s1. The molecular weight excluding hydrogens is 273 g/mol. The quantitative estimate of drug-likeness (QED) is 0.833. The fourth-order valence-corrected chi connectivity index (χ4v) is 3.05.